The highest BCUT2D eigenvalue weighted by molar-refractivity contribution is 5.81. The second-order valence-corrected chi connectivity index (χ2v) is 2.78. The van der Waals surface area contributed by atoms with E-state index in [0.29, 0.717) is 13.2 Å². The molecule has 0 N–H and O–H groups in total. The zero-order valence-electron chi connectivity index (χ0n) is 8.68. The van der Waals surface area contributed by atoms with Crippen LogP contribution >= 0.6 is 0 Å². The summed E-state index contributed by atoms with van der Waals surface area (Å²) < 4.78 is 10.1. The molecule has 1 aromatic rings. The first-order valence-electron chi connectivity index (χ1n) is 4.84. The fourth-order valence-electron chi connectivity index (χ4n) is 0.996. The Morgan fingerprint density at radius 3 is 2.73 bits per heavy atom. The van der Waals surface area contributed by atoms with Crippen LogP contribution in [0.1, 0.15) is 6.92 Å². The average molecular weight is 206 g/mol. The van der Waals surface area contributed by atoms with Gasteiger partial charge in [0.2, 0.25) is 0 Å². The molecule has 15 heavy (non-hydrogen) atoms. The number of benzene rings is 1. The molecular weight excluding hydrogens is 192 g/mol. The molecule has 0 saturated heterocycles. The monoisotopic (exact) mass is 206 g/mol. The van der Waals surface area contributed by atoms with Crippen molar-refractivity contribution in [3.05, 3.63) is 42.5 Å². The maximum Gasteiger partial charge on any atom is 0.330 e. The Kier molecular flexibility index (Phi) is 5.01. The predicted octanol–water partition coefficient (Wildman–Crippen LogP) is 2.18. The summed E-state index contributed by atoms with van der Waals surface area (Å²) in [5.41, 5.74) is 0. The van der Waals surface area contributed by atoms with Gasteiger partial charge < -0.3 is 9.47 Å². The maximum absolute atomic E-state index is 10.9. The number of hydrogen-bond acceptors (Lipinski definition) is 3. The zero-order chi connectivity index (χ0) is 10.9. The highest BCUT2D eigenvalue weighted by Crippen LogP contribution is 2.07. The van der Waals surface area contributed by atoms with Gasteiger partial charge in [-0.15, -0.1) is 0 Å². The Balaban J connectivity index is 2.24. The van der Waals surface area contributed by atoms with E-state index in [2.05, 4.69) is 0 Å². The maximum atomic E-state index is 10.9. The molecule has 0 spiro atoms. The molecule has 0 amide bonds. The van der Waals surface area contributed by atoms with Gasteiger partial charge in [0.05, 0.1) is 6.61 Å². The number of hydrogen-bond donors (Lipinski definition) is 0. The van der Waals surface area contributed by atoms with E-state index in [1.165, 1.54) is 6.08 Å². The van der Waals surface area contributed by atoms with Gasteiger partial charge in [0, 0.05) is 6.08 Å². The standard InChI is InChI=1S/C12H14O3/c1-2-14-12(13)9-6-10-15-11-7-4-3-5-8-11/h3-9H,2,10H2,1H3/b9-6+. The SMILES string of the molecule is CCOC(=O)/C=C/COc1ccccc1. The summed E-state index contributed by atoms with van der Waals surface area (Å²) >= 11 is 0. The molecule has 0 aliphatic rings. The van der Waals surface area contributed by atoms with Gasteiger partial charge in [0.1, 0.15) is 12.4 Å². The summed E-state index contributed by atoms with van der Waals surface area (Å²) in [7, 11) is 0. The largest absolute Gasteiger partial charge is 0.490 e. The van der Waals surface area contributed by atoms with Crippen LogP contribution in [0.15, 0.2) is 42.5 Å². The fraction of sp³-hybridized carbons (Fsp3) is 0.250. The van der Waals surface area contributed by atoms with E-state index in [9.17, 15) is 4.79 Å². The summed E-state index contributed by atoms with van der Waals surface area (Å²) in [4.78, 5) is 10.9. The number of carbonyl (C=O) groups is 1. The number of para-hydroxylation sites is 1. The lowest BCUT2D eigenvalue weighted by Crippen LogP contribution is -2.00. The first-order chi connectivity index (χ1) is 7.33. The smallest absolute Gasteiger partial charge is 0.330 e. The van der Waals surface area contributed by atoms with Gasteiger partial charge in [0.25, 0.3) is 0 Å². The van der Waals surface area contributed by atoms with Crippen molar-refractivity contribution in [1.82, 2.24) is 0 Å². The topological polar surface area (TPSA) is 35.5 Å². The van der Waals surface area contributed by atoms with Gasteiger partial charge in [-0.25, -0.2) is 4.79 Å². The molecular formula is C12H14O3. The Labute approximate surface area is 89.3 Å². The van der Waals surface area contributed by atoms with Crippen LogP contribution < -0.4 is 4.74 Å². The van der Waals surface area contributed by atoms with Gasteiger partial charge in [-0.1, -0.05) is 18.2 Å². The van der Waals surface area contributed by atoms with Crippen molar-refractivity contribution < 1.29 is 14.3 Å². The summed E-state index contributed by atoms with van der Waals surface area (Å²) in [5.74, 6) is 0.445. The molecule has 0 aliphatic carbocycles. The Bertz CT molecular complexity index is 317. The molecule has 0 bridgehead atoms. The van der Waals surface area contributed by atoms with Gasteiger partial charge >= 0.3 is 5.97 Å². The average Bonchev–Trinajstić information content (AvgIpc) is 2.26. The molecule has 0 fully saturated rings. The molecule has 1 rings (SSSR count). The summed E-state index contributed by atoms with van der Waals surface area (Å²) in [6.45, 7) is 2.53. The van der Waals surface area contributed by atoms with E-state index >= 15 is 0 Å². The van der Waals surface area contributed by atoms with E-state index in [0.717, 1.165) is 5.75 Å². The molecule has 0 unspecified atom stereocenters. The Hall–Kier alpha value is -1.77. The van der Waals surface area contributed by atoms with E-state index in [-0.39, 0.29) is 5.97 Å². The lowest BCUT2D eigenvalue weighted by molar-refractivity contribution is -0.137. The van der Waals surface area contributed by atoms with Crippen molar-refractivity contribution in [3.8, 4) is 5.75 Å². The highest BCUT2D eigenvalue weighted by atomic mass is 16.5. The second kappa shape index (κ2) is 6.65. The first-order valence-corrected chi connectivity index (χ1v) is 4.84. The van der Waals surface area contributed by atoms with Crippen LogP contribution in [0.2, 0.25) is 0 Å². The Morgan fingerprint density at radius 1 is 1.33 bits per heavy atom. The third kappa shape index (κ3) is 4.86. The molecule has 80 valence electrons. The van der Waals surface area contributed by atoms with Crippen LogP contribution in [0.25, 0.3) is 0 Å². The minimum Gasteiger partial charge on any atom is -0.490 e. The molecule has 0 atom stereocenters. The van der Waals surface area contributed by atoms with E-state index in [1.54, 1.807) is 13.0 Å². The molecule has 0 saturated carbocycles. The second-order valence-electron chi connectivity index (χ2n) is 2.78. The van der Waals surface area contributed by atoms with Crippen molar-refractivity contribution in [2.24, 2.45) is 0 Å². The van der Waals surface area contributed by atoms with Crippen LogP contribution in [-0.4, -0.2) is 19.2 Å². The van der Waals surface area contributed by atoms with Crippen molar-refractivity contribution >= 4 is 5.97 Å². The van der Waals surface area contributed by atoms with Crippen LogP contribution in [0.4, 0.5) is 0 Å². The Morgan fingerprint density at radius 2 is 2.07 bits per heavy atom. The lowest BCUT2D eigenvalue weighted by atomic mass is 10.3. The molecule has 3 nitrogen and oxygen atoms in total. The van der Waals surface area contributed by atoms with Crippen molar-refractivity contribution in [2.45, 2.75) is 6.92 Å². The van der Waals surface area contributed by atoms with E-state index < -0.39 is 0 Å². The molecule has 0 heterocycles. The predicted molar refractivity (Wildman–Crippen MR) is 57.7 cm³/mol. The van der Waals surface area contributed by atoms with E-state index in [1.807, 2.05) is 30.3 Å². The van der Waals surface area contributed by atoms with Gasteiger partial charge in [-0.2, -0.15) is 0 Å². The first kappa shape index (κ1) is 11.3. The third-order valence-electron chi connectivity index (χ3n) is 1.63. The molecule has 1 aromatic carbocycles. The van der Waals surface area contributed by atoms with Crippen LogP contribution in [0.5, 0.6) is 5.75 Å². The molecule has 3 heteroatoms. The molecule has 0 aromatic heterocycles. The van der Waals surface area contributed by atoms with Crippen molar-refractivity contribution in [2.75, 3.05) is 13.2 Å². The van der Waals surface area contributed by atoms with Gasteiger partial charge in [-0.3, -0.25) is 0 Å². The summed E-state index contributed by atoms with van der Waals surface area (Å²) in [6, 6.07) is 9.42. The van der Waals surface area contributed by atoms with Crippen LogP contribution in [-0.2, 0) is 9.53 Å². The number of ether oxygens (including phenoxy) is 2. The van der Waals surface area contributed by atoms with Crippen LogP contribution in [0, 0.1) is 0 Å². The van der Waals surface area contributed by atoms with E-state index in [4.69, 9.17) is 9.47 Å². The van der Waals surface area contributed by atoms with Crippen molar-refractivity contribution in [3.63, 3.8) is 0 Å². The quantitative estimate of drug-likeness (QED) is 0.547. The fourth-order valence-corrected chi connectivity index (χ4v) is 0.996. The number of esters is 1. The summed E-state index contributed by atoms with van der Waals surface area (Å²) in [6.07, 6.45) is 3.00. The number of rotatable bonds is 5. The minimum atomic E-state index is -0.339. The minimum absolute atomic E-state index is 0.339. The lowest BCUT2D eigenvalue weighted by Gasteiger charge is -2.01. The molecule has 0 radical (unpaired) electrons. The summed E-state index contributed by atoms with van der Waals surface area (Å²) in [5, 5.41) is 0. The number of carbonyl (C=O) groups excluding carboxylic acids is 1. The van der Waals surface area contributed by atoms with Gasteiger partial charge in [0.15, 0.2) is 0 Å². The normalized spacial score (nSPS) is 10.2. The third-order valence-corrected chi connectivity index (χ3v) is 1.63. The van der Waals surface area contributed by atoms with Crippen LogP contribution in [0.3, 0.4) is 0 Å². The molecule has 0 aliphatic heterocycles. The van der Waals surface area contributed by atoms with Crippen molar-refractivity contribution in [1.29, 1.82) is 0 Å². The zero-order valence-corrected chi connectivity index (χ0v) is 8.68. The van der Waals surface area contributed by atoms with Gasteiger partial charge in [-0.05, 0) is 25.1 Å². The highest BCUT2D eigenvalue weighted by Gasteiger charge is 1.92.